The summed E-state index contributed by atoms with van der Waals surface area (Å²) in [5.41, 5.74) is -5.81. The monoisotopic (exact) mass is 568 g/mol. The van der Waals surface area contributed by atoms with Crippen LogP contribution in [0.1, 0.15) is 20.8 Å². The fourth-order valence-electron chi connectivity index (χ4n) is 4.18. The average molecular weight is 569 g/mol. The minimum atomic E-state index is -6.16. The zero-order valence-corrected chi connectivity index (χ0v) is 22.3. The van der Waals surface area contributed by atoms with Crippen molar-refractivity contribution >= 4 is 28.8 Å². The second kappa shape index (κ2) is 11.1. The summed E-state index contributed by atoms with van der Waals surface area (Å²) in [4.78, 5) is 0. The molecule has 0 aromatic heterocycles. The lowest BCUT2D eigenvalue weighted by Gasteiger charge is -2.44. The molecule has 37 heavy (non-hydrogen) atoms. The molecule has 0 bridgehead atoms. The Kier molecular flexibility index (Phi) is 8.87. The van der Waals surface area contributed by atoms with E-state index >= 15 is 0 Å². The van der Waals surface area contributed by atoms with Crippen molar-refractivity contribution < 1.29 is 48.5 Å². The van der Waals surface area contributed by atoms with Gasteiger partial charge in [-0.3, -0.25) is 4.18 Å². The van der Waals surface area contributed by atoms with E-state index in [0.717, 1.165) is 10.4 Å². The highest BCUT2D eigenvalue weighted by atomic mass is 32.2. The number of hydrogen-bond acceptors (Lipinski definition) is 6. The van der Waals surface area contributed by atoms with Crippen molar-refractivity contribution in [3.05, 3.63) is 60.7 Å². The number of alkyl halides is 5. The third-order valence-electron chi connectivity index (χ3n) is 6.03. The van der Waals surface area contributed by atoms with Crippen molar-refractivity contribution in [3.8, 4) is 0 Å². The summed E-state index contributed by atoms with van der Waals surface area (Å²) in [7, 11) is -9.08. The number of halogens is 5. The summed E-state index contributed by atoms with van der Waals surface area (Å²) < 4.78 is 109. The largest absolute Gasteiger partial charge is 0.523 e. The Morgan fingerprint density at radius 1 is 0.865 bits per heavy atom. The molecule has 2 atom stereocenters. The molecule has 13 heteroatoms. The molecule has 1 fully saturated rings. The van der Waals surface area contributed by atoms with Gasteiger partial charge in [0, 0.05) is 0 Å². The summed E-state index contributed by atoms with van der Waals surface area (Å²) >= 11 is 0. The van der Waals surface area contributed by atoms with Gasteiger partial charge in [0.05, 0.1) is 19.8 Å². The summed E-state index contributed by atoms with van der Waals surface area (Å²) in [5.74, 6) is -4.04. The number of hydrogen-bond donors (Lipinski definition) is 0. The topological polar surface area (TPSA) is 71.1 Å². The van der Waals surface area contributed by atoms with E-state index in [1.54, 1.807) is 0 Å². The molecule has 2 aromatic rings. The molecule has 1 saturated heterocycles. The number of ether oxygens (including phenoxy) is 2. The average Bonchev–Trinajstić information content (AvgIpc) is 2.83. The predicted molar refractivity (Wildman–Crippen MR) is 129 cm³/mol. The van der Waals surface area contributed by atoms with Crippen LogP contribution in [0.25, 0.3) is 0 Å². The first-order valence-corrected chi connectivity index (χ1v) is 14.7. The molecule has 0 amide bonds. The summed E-state index contributed by atoms with van der Waals surface area (Å²) in [6.07, 6.45) is -2.71. The van der Waals surface area contributed by atoms with Crippen molar-refractivity contribution in [2.75, 3.05) is 26.4 Å². The molecule has 3 rings (SSSR count). The van der Waals surface area contributed by atoms with Crippen molar-refractivity contribution in [1.29, 1.82) is 0 Å². The van der Waals surface area contributed by atoms with E-state index in [0.29, 0.717) is 0 Å². The lowest BCUT2D eigenvalue weighted by molar-refractivity contribution is -0.227. The zero-order chi connectivity index (χ0) is 27.5. The van der Waals surface area contributed by atoms with Crippen molar-refractivity contribution in [2.45, 2.75) is 49.4 Å². The van der Waals surface area contributed by atoms with E-state index < -0.39 is 55.3 Å². The van der Waals surface area contributed by atoms with Gasteiger partial charge in [-0.1, -0.05) is 81.4 Å². The van der Waals surface area contributed by atoms with Crippen molar-refractivity contribution in [2.24, 2.45) is 0 Å². The standard InChI is InChI=1S/C24H29F5O6SSi/c1-22(2,3)37(19-10-6-4-7-11-19,20-12-8-5-9-13-20)35-15-18-14-33-21(16-32-18)23(25,26)17-34-36(30,31)24(27,28)29/h4-13,18,21H,14-17H2,1-3H3. The molecule has 2 unspecified atom stereocenters. The number of rotatable bonds is 9. The predicted octanol–water partition coefficient (Wildman–Crippen LogP) is 3.85. The van der Waals surface area contributed by atoms with Gasteiger partial charge in [-0.05, 0) is 15.4 Å². The van der Waals surface area contributed by atoms with Gasteiger partial charge in [-0.2, -0.15) is 21.6 Å². The van der Waals surface area contributed by atoms with Gasteiger partial charge in [-0.25, -0.2) is 8.78 Å². The van der Waals surface area contributed by atoms with Gasteiger partial charge in [0.25, 0.3) is 14.2 Å². The summed E-state index contributed by atoms with van der Waals surface area (Å²) in [6.45, 7) is 3.20. The fourth-order valence-corrected chi connectivity index (χ4v) is 9.22. The maximum absolute atomic E-state index is 14.3. The van der Waals surface area contributed by atoms with Gasteiger partial charge in [-0.15, -0.1) is 0 Å². The van der Waals surface area contributed by atoms with Crippen molar-refractivity contribution in [1.82, 2.24) is 0 Å². The molecule has 206 valence electrons. The first-order valence-electron chi connectivity index (χ1n) is 11.4. The highest BCUT2D eigenvalue weighted by Crippen LogP contribution is 2.37. The molecule has 0 N–H and O–H groups in total. The quantitative estimate of drug-likeness (QED) is 0.198. The van der Waals surface area contributed by atoms with Crippen LogP contribution >= 0.6 is 0 Å². The van der Waals surface area contributed by atoms with Crippen LogP contribution in [0.3, 0.4) is 0 Å². The molecular formula is C24H29F5O6SSi. The highest BCUT2D eigenvalue weighted by molar-refractivity contribution is 7.87. The van der Waals surface area contributed by atoms with Crippen LogP contribution in [-0.4, -0.2) is 66.8 Å². The van der Waals surface area contributed by atoms with E-state index in [-0.39, 0.29) is 18.3 Å². The van der Waals surface area contributed by atoms with Crippen LogP contribution in [-0.2, 0) is 28.2 Å². The summed E-state index contributed by atoms with van der Waals surface area (Å²) in [5, 5.41) is 1.69. The fraction of sp³-hybridized carbons (Fsp3) is 0.500. The van der Waals surface area contributed by atoms with E-state index in [2.05, 4.69) is 25.0 Å². The van der Waals surface area contributed by atoms with Crippen LogP contribution in [0.4, 0.5) is 22.0 Å². The Morgan fingerprint density at radius 2 is 1.38 bits per heavy atom. The van der Waals surface area contributed by atoms with Gasteiger partial charge >= 0.3 is 15.6 Å². The van der Waals surface area contributed by atoms with Gasteiger partial charge in [0.15, 0.2) is 0 Å². The van der Waals surface area contributed by atoms with Crippen LogP contribution in [0.15, 0.2) is 60.7 Å². The highest BCUT2D eigenvalue weighted by Gasteiger charge is 2.53. The molecule has 1 aliphatic rings. The van der Waals surface area contributed by atoms with Gasteiger partial charge in [0.1, 0.15) is 18.8 Å². The Hall–Kier alpha value is -1.90. The van der Waals surface area contributed by atoms with Crippen LogP contribution in [0.2, 0.25) is 5.04 Å². The van der Waals surface area contributed by atoms with Crippen LogP contribution < -0.4 is 10.4 Å². The molecule has 0 spiro atoms. The SMILES string of the molecule is CC(C)(C)[Si](OCC1COC(C(F)(F)COS(=O)(=O)C(F)(F)F)CO1)(c1ccccc1)c1ccccc1. The first-order chi connectivity index (χ1) is 17.1. The minimum absolute atomic E-state index is 0.0184. The Bertz CT molecular complexity index is 1080. The van der Waals surface area contributed by atoms with Gasteiger partial charge < -0.3 is 13.9 Å². The zero-order valence-electron chi connectivity index (χ0n) is 20.5. The molecule has 0 aliphatic carbocycles. The van der Waals surface area contributed by atoms with E-state index in [9.17, 15) is 30.4 Å². The normalized spacial score (nSPS) is 20.1. The van der Waals surface area contributed by atoms with Gasteiger partial charge in [0.2, 0.25) is 0 Å². The first kappa shape index (κ1) is 29.6. The molecule has 0 radical (unpaired) electrons. The maximum atomic E-state index is 14.3. The Labute approximate surface area is 213 Å². The smallest absolute Gasteiger partial charge is 0.405 e. The van der Waals surface area contributed by atoms with Crippen LogP contribution in [0.5, 0.6) is 0 Å². The van der Waals surface area contributed by atoms with Crippen molar-refractivity contribution in [3.63, 3.8) is 0 Å². The molecule has 0 saturated carbocycles. The molecule has 1 aliphatic heterocycles. The van der Waals surface area contributed by atoms with E-state index in [4.69, 9.17) is 13.9 Å². The lowest BCUT2D eigenvalue weighted by atomic mass is 10.2. The third kappa shape index (κ3) is 6.57. The molecule has 6 nitrogen and oxygen atoms in total. The Balaban J connectivity index is 1.72. The third-order valence-corrected chi connectivity index (χ3v) is 12.0. The second-order valence-corrected chi connectivity index (χ2v) is 15.6. The number of benzene rings is 2. The maximum Gasteiger partial charge on any atom is 0.523 e. The second-order valence-electron chi connectivity index (χ2n) is 9.67. The van der Waals surface area contributed by atoms with E-state index in [1.807, 2.05) is 60.7 Å². The lowest BCUT2D eigenvalue weighted by Crippen LogP contribution is -2.67. The molecular weight excluding hydrogens is 539 g/mol. The minimum Gasteiger partial charge on any atom is -0.405 e. The molecule has 1 heterocycles. The van der Waals surface area contributed by atoms with Crippen LogP contribution in [0, 0.1) is 0 Å². The summed E-state index contributed by atoms with van der Waals surface area (Å²) in [6, 6.07) is 19.5. The molecule has 2 aromatic carbocycles. The Morgan fingerprint density at radius 3 is 1.78 bits per heavy atom. The van der Waals surface area contributed by atoms with E-state index in [1.165, 1.54) is 0 Å².